The molecule has 6 nitrogen and oxygen atoms in total. The highest BCUT2D eigenvalue weighted by Crippen LogP contribution is 2.05. The van der Waals surface area contributed by atoms with Gasteiger partial charge in [-0.3, -0.25) is 14.3 Å². The Bertz CT molecular complexity index is 451. The monoisotopic (exact) mass is 266 g/mol. The second-order valence-electron chi connectivity index (χ2n) is 4.80. The minimum atomic E-state index is -0.281. The van der Waals surface area contributed by atoms with Gasteiger partial charge in [-0.1, -0.05) is 13.3 Å². The Balaban J connectivity index is 2.56. The van der Waals surface area contributed by atoms with Crippen LogP contribution in [0.3, 0.4) is 0 Å². The standard InChI is InChI=1S/C13H22N4O2/c1-5-6-10-7-11(17(4)16-10)13(19)14-8-12(18)15-9(2)3/h7,9H,5-6,8H2,1-4H3,(H,14,19)(H,15,18). The van der Waals surface area contributed by atoms with Gasteiger partial charge in [-0.2, -0.15) is 5.10 Å². The third kappa shape index (κ3) is 4.73. The molecule has 6 heteroatoms. The quantitative estimate of drug-likeness (QED) is 0.793. The summed E-state index contributed by atoms with van der Waals surface area (Å²) in [5.41, 5.74) is 1.36. The lowest BCUT2D eigenvalue weighted by atomic mass is 10.2. The van der Waals surface area contributed by atoms with Crippen molar-refractivity contribution in [2.45, 2.75) is 39.7 Å². The zero-order chi connectivity index (χ0) is 14.4. The van der Waals surface area contributed by atoms with Crippen LogP contribution in [0, 0.1) is 0 Å². The van der Waals surface area contributed by atoms with E-state index in [0.717, 1.165) is 18.5 Å². The number of carbonyl (C=O) groups is 2. The van der Waals surface area contributed by atoms with Crippen LogP contribution in [-0.2, 0) is 18.3 Å². The highest BCUT2D eigenvalue weighted by molar-refractivity contribution is 5.95. The first kappa shape index (κ1) is 15.2. The molecule has 0 atom stereocenters. The zero-order valence-electron chi connectivity index (χ0n) is 12.0. The van der Waals surface area contributed by atoms with E-state index in [-0.39, 0.29) is 24.4 Å². The van der Waals surface area contributed by atoms with Crippen LogP contribution in [0.2, 0.25) is 0 Å². The molecule has 0 bridgehead atoms. The number of nitrogens with zero attached hydrogens (tertiary/aromatic N) is 2. The van der Waals surface area contributed by atoms with Crippen molar-refractivity contribution in [3.63, 3.8) is 0 Å². The van der Waals surface area contributed by atoms with Crippen molar-refractivity contribution in [1.82, 2.24) is 20.4 Å². The predicted molar refractivity (Wildman–Crippen MR) is 72.8 cm³/mol. The van der Waals surface area contributed by atoms with Gasteiger partial charge in [-0.25, -0.2) is 0 Å². The Kier molecular flexibility index (Phi) is 5.54. The SMILES string of the molecule is CCCc1cc(C(=O)NCC(=O)NC(C)C)n(C)n1. The van der Waals surface area contributed by atoms with Gasteiger partial charge in [-0.05, 0) is 26.3 Å². The van der Waals surface area contributed by atoms with Crippen molar-refractivity contribution >= 4 is 11.8 Å². The van der Waals surface area contributed by atoms with Crippen LogP contribution < -0.4 is 10.6 Å². The summed E-state index contributed by atoms with van der Waals surface area (Å²) in [5.74, 6) is -0.476. The van der Waals surface area contributed by atoms with Crippen molar-refractivity contribution in [2.75, 3.05) is 6.54 Å². The van der Waals surface area contributed by atoms with Gasteiger partial charge in [0.15, 0.2) is 0 Å². The number of aromatic nitrogens is 2. The second-order valence-corrected chi connectivity index (χ2v) is 4.80. The fraction of sp³-hybridized carbons (Fsp3) is 0.615. The highest BCUT2D eigenvalue weighted by atomic mass is 16.2. The second kappa shape index (κ2) is 6.92. The zero-order valence-corrected chi connectivity index (χ0v) is 12.0. The predicted octanol–water partition coefficient (Wildman–Crippen LogP) is 0.627. The molecule has 2 N–H and O–H groups in total. The Morgan fingerprint density at radius 1 is 1.42 bits per heavy atom. The average molecular weight is 266 g/mol. The molecule has 0 aliphatic heterocycles. The largest absolute Gasteiger partial charge is 0.352 e. The van der Waals surface area contributed by atoms with Crippen molar-refractivity contribution in [3.8, 4) is 0 Å². The number of carbonyl (C=O) groups excluding carboxylic acids is 2. The van der Waals surface area contributed by atoms with Crippen LogP contribution in [0.1, 0.15) is 43.4 Å². The van der Waals surface area contributed by atoms with E-state index in [2.05, 4.69) is 22.7 Å². The molecular weight excluding hydrogens is 244 g/mol. The number of hydrogen-bond donors (Lipinski definition) is 2. The lowest BCUT2D eigenvalue weighted by Gasteiger charge is -2.09. The van der Waals surface area contributed by atoms with Crippen molar-refractivity contribution in [3.05, 3.63) is 17.5 Å². The number of nitrogens with one attached hydrogen (secondary N) is 2. The van der Waals surface area contributed by atoms with E-state index in [4.69, 9.17) is 0 Å². The number of rotatable bonds is 6. The first-order chi connectivity index (χ1) is 8.93. The van der Waals surface area contributed by atoms with Crippen molar-refractivity contribution in [1.29, 1.82) is 0 Å². The first-order valence-corrected chi connectivity index (χ1v) is 6.54. The number of amides is 2. The van der Waals surface area contributed by atoms with E-state index >= 15 is 0 Å². The fourth-order valence-corrected chi connectivity index (χ4v) is 1.74. The third-order valence-electron chi connectivity index (χ3n) is 2.53. The van der Waals surface area contributed by atoms with Crippen LogP contribution in [0.25, 0.3) is 0 Å². The Morgan fingerprint density at radius 3 is 2.68 bits per heavy atom. The Morgan fingerprint density at radius 2 is 2.11 bits per heavy atom. The molecule has 2 amide bonds. The summed E-state index contributed by atoms with van der Waals surface area (Å²) < 4.78 is 1.54. The third-order valence-corrected chi connectivity index (χ3v) is 2.53. The minimum Gasteiger partial charge on any atom is -0.352 e. The minimum absolute atomic E-state index is 0.0225. The molecule has 0 fully saturated rings. The van der Waals surface area contributed by atoms with Gasteiger partial charge < -0.3 is 10.6 Å². The molecular formula is C13H22N4O2. The lowest BCUT2D eigenvalue weighted by Crippen LogP contribution is -2.40. The summed E-state index contributed by atoms with van der Waals surface area (Å²) in [6.45, 7) is 5.78. The van der Waals surface area contributed by atoms with E-state index in [1.165, 1.54) is 0 Å². The molecule has 0 aromatic carbocycles. The van der Waals surface area contributed by atoms with Gasteiger partial charge in [0.1, 0.15) is 5.69 Å². The van der Waals surface area contributed by atoms with Crippen LogP contribution >= 0.6 is 0 Å². The topological polar surface area (TPSA) is 76.0 Å². The van der Waals surface area contributed by atoms with Crippen LogP contribution in [0.15, 0.2) is 6.07 Å². The lowest BCUT2D eigenvalue weighted by molar-refractivity contribution is -0.120. The average Bonchev–Trinajstić information content (AvgIpc) is 2.67. The molecule has 1 heterocycles. The molecule has 0 unspecified atom stereocenters. The summed E-state index contributed by atoms with van der Waals surface area (Å²) in [6.07, 6.45) is 1.82. The number of aryl methyl sites for hydroxylation is 2. The molecule has 0 spiro atoms. The summed E-state index contributed by atoms with van der Waals surface area (Å²) in [6, 6.07) is 1.83. The Labute approximate surface area is 113 Å². The van der Waals surface area contributed by atoms with Gasteiger partial charge in [0.2, 0.25) is 5.91 Å². The van der Waals surface area contributed by atoms with E-state index in [9.17, 15) is 9.59 Å². The summed E-state index contributed by atoms with van der Waals surface area (Å²) in [4.78, 5) is 23.4. The van der Waals surface area contributed by atoms with E-state index in [0.29, 0.717) is 5.69 Å². The first-order valence-electron chi connectivity index (χ1n) is 6.54. The molecule has 19 heavy (non-hydrogen) atoms. The van der Waals surface area contributed by atoms with Crippen LogP contribution in [-0.4, -0.2) is 34.2 Å². The molecule has 1 aromatic rings. The molecule has 0 aliphatic carbocycles. The van der Waals surface area contributed by atoms with Gasteiger partial charge >= 0.3 is 0 Å². The van der Waals surface area contributed by atoms with Gasteiger partial charge in [0.25, 0.3) is 5.91 Å². The van der Waals surface area contributed by atoms with Crippen LogP contribution in [0.5, 0.6) is 0 Å². The number of hydrogen-bond acceptors (Lipinski definition) is 3. The van der Waals surface area contributed by atoms with Crippen molar-refractivity contribution < 1.29 is 9.59 Å². The van der Waals surface area contributed by atoms with Gasteiger partial charge in [0.05, 0.1) is 12.2 Å². The maximum absolute atomic E-state index is 11.9. The molecule has 0 saturated heterocycles. The fourth-order valence-electron chi connectivity index (χ4n) is 1.74. The molecule has 106 valence electrons. The molecule has 1 aromatic heterocycles. The summed E-state index contributed by atoms with van der Waals surface area (Å²) in [5, 5.41) is 9.55. The molecule has 0 radical (unpaired) electrons. The summed E-state index contributed by atoms with van der Waals surface area (Å²) in [7, 11) is 1.72. The smallest absolute Gasteiger partial charge is 0.269 e. The Hall–Kier alpha value is -1.85. The summed E-state index contributed by atoms with van der Waals surface area (Å²) >= 11 is 0. The normalized spacial score (nSPS) is 10.6. The van der Waals surface area contributed by atoms with E-state index in [1.807, 2.05) is 13.8 Å². The molecule has 0 saturated carbocycles. The maximum Gasteiger partial charge on any atom is 0.269 e. The van der Waals surface area contributed by atoms with E-state index < -0.39 is 0 Å². The highest BCUT2D eigenvalue weighted by Gasteiger charge is 2.14. The van der Waals surface area contributed by atoms with Crippen molar-refractivity contribution in [2.24, 2.45) is 7.05 Å². The van der Waals surface area contributed by atoms with Crippen LogP contribution in [0.4, 0.5) is 0 Å². The van der Waals surface area contributed by atoms with Gasteiger partial charge in [-0.15, -0.1) is 0 Å². The maximum atomic E-state index is 11.9. The molecule has 0 aliphatic rings. The van der Waals surface area contributed by atoms with E-state index in [1.54, 1.807) is 17.8 Å². The van der Waals surface area contributed by atoms with Gasteiger partial charge in [0, 0.05) is 13.1 Å². The molecule has 1 rings (SSSR count).